The first-order chi connectivity index (χ1) is 22.2. The lowest BCUT2D eigenvalue weighted by Crippen LogP contribution is -2.55. The molecule has 0 bridgehead atoms. The van der Waals surface area contributed by atoms with Crippen molar-refractivity contribution in [3.05, 3.63) is 64.7 Å². The first-order valence-electron chi connectivity index (χ1n) is 16.2. The summed E-state index contributed by atoms with van der Waals surface area (Å²) in [6.45, 7) is 6.03. The molecule has 0 unspecified atom stereocenters. The molecule has 0 spiro atoms. The average Bonchev–Trinajstić information content (AvgIpc) is 3.00. The predicted octanol–water partition coefficient (Wildman–Crippen LogP) is 1.82. The highest BCUT2D eigenvalue weighted by molar-refractivity contribution is 5.97. The van der Waals surface area contributed by atoms with Gasteiger partial charge < -0.3 is 39.1 Å². The monoisotopic (exact) mass is 651 g/mol. The molecule has 0 fully saturated rings. The molecule has 0 aromatic heterocycles. The van der Waals surface area contributed by atoms with Crippen molar-refractivity contribution in [3.63, 3.8) is 0 Å². The number of guanidine groups is 1. The smallest absolute Gasteiger partial charge is 0.224 e. The summed E-state index contributed by atoms with van der Waals surface area (Å²) in [5, 5.41) is 13.1. The molecular formula is C35H53N7O5. The Bertz CT molecular complexity index is 1370. The van der Waals surface area contributed by atoms with Gasteiger partial charge in [0.15, 0.2) is 11.7 Å². The SMILES string of the molecule is Cc1cc(O)cc(C)c1C[C@H](CC(=O)[C@H](N)CCCN=C(N)N)C(=O)N[C@@](C)(CCCCN)C(=O)C[C@@H](Cc1ccccc1)C(N)=O. The number of aromatic hydroxyl groups is 1. The molecule has 0 saturated heterocycles. The van der Waals surface area contributed by atoms with Crippen molar-refractivity contribution >= 4 is 29.3 Å². The van der Waals surface area contributed by atoms with E-state index >= 15 is 0 Å². The minimum atomic E-state index is -1.35. The number of aryl methyl sites for hydroxylation is 2. The van der Waals surface area contributed by atoms with Crippen LogP contribution in [0.15, 0.2) is 47.5 Å². The maximum absolute atomic E-state index is 14.1. The molecule has 4 atom stereocenters. The normalized spacial score (nSPS) is 14.3. The number of amides is 2. The van der Waals surface area contributed by atoms with Crippen molar-refractivity contribution in [3.8, 4) is 5.75 Å². The van der Waals surface area contributed by atoms with Gasteiger partial charge in [0.1, 0.15) is 11.5 Å². The van der Waals surface area contributed by atoms with E-state index in [2.05, 4.69) is 10.3 Å². The van der Waals surface area contributed by atoms with Crippen LogP contribution in [-0.2, 0) is 32.0 Å². The zero-order valence-corrected chi connectivity index (χ0v) is 28.0. The molecule has 0 heterocycles. The van der Waals surface area contributed by atoms with Crippen molar-refractivity contribution in [1.29, 1.82) is 0 Å². The van der Waals surface area contributed by atoms with Crippen LogP contribution in [-0.4, -0.2) is 59.1 Å². The molecule has 2 aromatic rings. The van der Waals surface area contributed by atoms with Crippen LogP contribution in [0.1, 0.15) is 74.1 Å². The molecule has 2 rings (SSSR count). The maximum Gasteiger partial charge on any atom is 0.224 e. The third-order valence-electron chi connectivity index (χ3n) is 8.64. The summed E-state index contributed by atoms with van der Waals surface area (Å²) in [6.07, 6.45) is 2.41. The van der Waals surface area contributed by atoms with Crippen LogP contribution in [0.2, 0.25) is 0 Å². The van der Waals surface area contributed by atoms with Gasteiger partial charge in [-0.2, -0.15) is 0 Å². The fraction of sp³-hybridized carbons (Fsp3) is 0.514. The number of hydrogen-bond donors (Lipinski definition) is 7. The van der Waals surface area contributed by atoms with Crippen LogP contribution in [0.3, 0.4) is 0 Å². The van der Waals surface area contributed by atoms with Crippen LogP contribution in [0.4, 0.5) is 0 Å². The predicted molar refractivity (Wildman–Crippen MR) is 184 cm³/mol. The van der Waals surface area contributed by atoms with Gasteiger partial charge in [0.05, 0.1) is 11.6 Å². The van der Waals surface area contributed by atoms with Gasteiger partial charge in [0.25, 0.3) is 0 Å². The van der Waals surface area contributed by atoms with Gasteiger partial charge in [-0.15, -0.1) is 0 Å². The van der Waals surface area contributed by atoms with E-state index in [1.54, 1.807) is 19.1 Å². The van der Waals surface area contributed by atoms with E-state index < -0.39 is 35.2 Å². The van der Waals surface area contributed by atoms with Crippen molar-refractivity contribution < 1.29 is 24.3 Å². The van der Waals surface area contributed by atoms with E-state index in [4.69, 9.17) is 28.7 Å². The average molecular weight is 652 g/mol. The number of phenols is 1. The number of nitrogens with two attached hydrogens (primary N) is 5. The summed E-state index contributed by atoms with van der Waals surface area (Å²) in [7, 11) is 0. The Morgan fingerprint density at radius 2 is 1.55 bits per heavy atom. The minimum absolute atomic E-state index is 0.0486. The second-order valence-corrected chi connectivity index (χ2v) is 12.7. The standard InChI is InChI=1S/C35H53N7O5/c1-22-16-27(43)17-23(2)28(22)19-26(20-30(44)29(37)12-9-15-41-34(39)40)33(47)42-35(3,13-7-8-14-36)31(45)21-25(32(38)46)18-24-10-5-4-6-11-24/h4-6,10-11,16-17,25-26,29,43H,7-9,12-15,18-21,36-37H2,1-3H3,(H2,38,46)(H,42,47)(H4,39,40,41)/t25-,26-,29-,35+/m1/s1. The van der Waals surface area contributed by atoms with Crippen LogP contribution in [0.5, 0.6) is 5.75 Å². The van der Waals surface area contributed by atoms with E-state index in [0.29, 0.717) is 38.8 Å². The number of carbonyl (C=O) groups is 4. The van der Waals surface area contributed by atoms with Gasteiger partial charge in [-0.3, -0.25) is 24.2 Å². The first kappa shape index (κ1) is 38.9. The van der Waals surface area contributed by atoms with Crippen molar-refractivity contribution in [1.82, 2.24) is 5.32 Å². The number of Topliss-reactive ketones (excluding diaryl/α,β-unsaturated/α-hetero) is 2. The zero-order chi connectivity index (χ0) is 35.1. The third kappa shape index (κ3) is 12.8. The molecule has 2 amide bonds. The number of rotatable bonds is 21. The molecule has 12 nitrogen and oxygen atoms in total. The van der Waals surface area contributed by atoms with Crippen molar-refractivity contribution in [2.24, 2.45) is 45.5 Å². The highest BCUT2D eigenvalue weighted by atomic mass is 16.3. The molecule has 0 saturated carbocycles. The summed E-state index contributed by atoms with van der Waals surface area (Å²) < 4.78 is 0. The Morgan fingerprint density at radius 3 is 2.13 bits per heavy atom. The van der Waals surface area contributed by atoms with Gasteiger partial charge in [0.2, 0.25) is 11.8 Å². The Labute approximate surface area is 277 Å². The molecule has 0 aliphatic rings. The number of nitrogens with one attached hydrogen (secondary N) is 1. The van der Waals surface area contributed by atoms with Crippen molar-refractivity contribution in [2.45, 2.75) is 90.1 Å². The van der Waals surface area contributed by atoms with E-state index in [9.17, 15) is 24.3 Å². The third-order valence-corrected chi connectivity index (χ3v) is 8.64. The number of phenolic OH excluding ortho intramolecular Hbond substituents is 1. The van der Waals surface area contributed by atoms with Crippen LogP contribution in [0, 0.1) is 25.7 Å². The fourth-order valence-electron chi connectivity index (χ4n) is 5.76. The lowest BCUT2D eigenvalue weighted by atomic mass is 9.81. The minimum Gasteiger partial charge on any atom is -0.508 e. The quantitative estimate of drug-likeness (QED) is 0.0590. The number of unbranched alkanes of at least 4 members (excludes halogenated alkanes) is 1. The van der Waals surface area contributed by atoms with E-state index in [1.807, 2.05) is 44.2 Å². The summed E-state index contributed by atoms with van der Waals surface area (Å²) in [5.41, 5.74) is 30.3. The fourth-order valence-corrected chi connectivity index (χ4v) is 5.76. The van der Waals surface area contributed by atoms with Gasteiger partial charge in [-0.05, 0) is 107 Å². The Hall–Kier alpha value is -4.29. The van der Waals surface area contributed by atoms with Crippen LogP contribution >= 0.6 is 0 Å². The highest BCUT2D eigenvalue weighted by Gasteiger charge is 2.38. The maximum atomic E-state index is 14.1. The van der Waals surface area contributed by atoms with Gasteiger partial charge in [-0.1, -0.05) is 30.3 Å². The summed E-state index contributed by atoms with van der Waals surface area (Å²) in [5.74, 6) is -3.32. The lowest BCUT2D eigenvalue weighted by Gasteiger charge is -2.33. The molecular weight excluding hydrogens is 598 g/mol. The Balaban J connectivity index is 2.37. The molecule has 47 heavy (non-hydrogen) atoms. The Morgan fingerprint density at radius 1 is 0.915 bits per heavy atom. The molecule has 0 aliphatic carbocycles. The van der Waals surface area contributed by atoms with E-state index in [0.717, 1.165) is 22.3 Å². The molecule has 0 radical (unpaired) electrons. The summed E-state index contributed by atoms with van der Waals surface area (Å²) in [6, 6.07) is 11.7. The number of hydrogen-bond acceptors (Lipinski definition) is 8. The molecule has 258 valence electrons. The number of aliphatic imine (C=N–C) groups is 1. The van der Waals surface area contributed by atoms with Gasteiger partial charge in [0, 0.05) is 31.2 Å². The number of nitrogens with zero attached hydrogens (tertiary/aromatic N) is 1. The topological polar surface area (TPSA) is 243 Å². The van der Waals surface area contributed by atoms with E-state index in [1.165, 1.54) is 0 Å². The van der Waals surface area contributed by atoms with Gasteiger partial charge in [-0.25, -0.2) is 0 Å². The Kier molecular flexibility index (Phi) is 15.5. The number of benzene rings is 2. The van der Waals surface area contributed by atoms with Crippen molar-refractivity contribution in [2.75, 3.05) is 13.1 Å². The molecule has 12 heteroatoms. The number of carbonyl (C=O) groups excluding carboxylic acids is 4. The van der Waals surface area contributed by atoms with E-state index in [-0.39, 0.29) is 55.4 Å². The number of primary amides is 1. The largest absolute Gasteiger partial charge is 0.508 e. The molecule has 2 aromatic carbocycles. The van der Waals surface area contributed by atoms with Crippen LogP contribution in [0.25, 0.3) is 0 Å². The molecule has 12 N–H and O–H groups in total. The summed E-state index contributed by atoms with van der Waals surface area (Å²) in [4.78, 5) is 57.8. The second-order valence-electron chi connectivity index (χ2n) is 12.7. The lowest BCUT2D eigenvalue weighted by molar-refractivity contribution is -0.137. The molecule has 0 aliphatic heterocycles. The first-order valence-corrected chi connectivity index (χ1v) is 16.2. The van der Waals surface area contributed by atoms with Crippen LogP contribution < -0.4 is 34.0 Å². The highest BCUT2D eigenvalue weighted by Crippen LogP contribution is 2.27. The zero-order valence-electron chi connectivity index (χ0n) is 28.0. The van der Waals surface area contributed by atoms with Gasteiger partial charge >= 0.3 is 0 Å². The second kappa shape index (κ2) is 18.8. The number of ketones is 2. The summed E-state index contributed by atoms with van der Waals surface area (Å²) >= 11 is 0.